The van der Waals surface area contributed by atoms with E-state index in [0.29, 0.717) is 29.4 Å². The zero-order chi connectivity index (χ0) is 27.9. The number of nitrogens with one attached hydrogen (secondary N) is 2. The number of anilines is 1. The van der Waals surface area contributed by atoms with Crippen LogP contribution in [-0.4, -0.2) is 57.5 Å². The molecule has 2 N–H and O–H groups in total. The molecule has 3 heterocycles. The molecule has 210 valence electrons. The predicted octanol–water partition coefficient (Wildman–Crippen LogP) is 3.62. The van der Waals surface area contributed by atoms with Crippen molar-refractivity contribution in [2.45, 2.75) is 44.2 Å². The van der Waals surface area contributed by atoms with Gasteiger partial charge in [-0.25, -0.2) is 17.9 Å². The molecule has 3 fully saturated rings. The van der Waals surface area contributed by atoms with Gasteiger partial charge in [-0.1, -0.05) is 0 Å². The molecule has 10 nitrogen and oxygen atoms in total. The van der Waals surface area contributed by atoms with Crippen molar-refractivity contribution in [1.82, 2.24) is 19.2 Å². The van der Waals surface area contributed by atoms with Gasteiger partial charge in [0.25, 0.3) is 5.56 Å². The number of methoxy groups -OCH3 is 1. The molecule has 2 aliphatic heterocycles. The lowest BCUT2D eigenvalue weighted by atomic mass is 9.60. The summed E-state index contributed by atoms with van der Waals surface area (Å²) in [5.74, 6) is -0.862. The Labute approximate surface area is 233 Å². The molecule has 3 aliphatic rings. The summed E-state index contributed by atoms with van der Waals surface area (Å²) in [7, 11) is 1.61. The highest BCUT2D eigenvalue weighted by Gasteiger charge is 2.45. The number of aromatic nitrogens is 2. The first-order valence-electron chi connectivity index (χ1n) is 13.5. The lowest BCUT2D eigenvalue weighted by Gasteiger charge is -2.50. The zero-order valence-electron chi connectivity index (χ0n) is 22.2. The number of fused-ring (bicyclic) bond motifs is 1. The maximum absolute atomic E-state index is 14.9. The largest absolute Gasteiger partial charge is 0.453 e. The van der Waals surface area contributed by atoms with Crippen LogP contribution in [0.4, 0.5) is 10.1 Å². The minimum absolute atomic E-state index is 0.0183. The van der Waals surface area contributed by atoms with Crippen LogP contribution in [0.2, 0.25) is 0 Å². The number of halogens is 1. The first-order chi connectivity index (χ1) is 19.4. The van der Waals surface area contributed by atoms with Gasteiger partial charge in [-0.15, -0.1) is 0 Å². The van der Waals surface area contributed by atoms with Crippen LogP contribution < -0.4 is 20.3 Å². The van der Waals surface area contributed by atoms with Crippen molar-refractivity contribution in [3.63, 3.8) is 0 Å². The van der Waals surface area contributed by atoms with Gasteiger partial charge in [0.1, 0.15) is 17.4 Å². The van der Waals surface area contributed by atoms with Crippen molar-refractivity contribution >= 4 is 27.8 Å². The number of piperidine rings is 1. The number of rotatable bonds is 7. The van der Waals surface area contributed by atoms with E-state index in [9.17, 15) is 18.7 Å². The summed E-state index contributed by atoms with van der Waals surface area (Å²) in [5, 5.41) is 13.6. The highest BCUT2D eigenvalue weighted by Crippen LogP contribution is 2.53. The zero-order valence-corrected chi connectivity index (χ0v) is 23.0. The van der Waals surface area contributed by atoms with Gasteiger partial charge in [0.05, 0.1) is 29.0 Å². The summed E-state index contributed by atoms with van der Waals surface area (Å²) in [5.41, 5.74) is 0.706. The standard InChI is InChI=1S/C28H31FN6O4S/c1-38-20-6-11-34(16-20)40(37)33-25-5-3-23(29)26(22(25)15-30)39-19-2-4-24-21(12-19)27(36)35(17-32-24)18-13-28(14-18)7-9-31-10-8-28/h2-5,12,17-18,20,31,33H,6-11,13-14,16H2,1H3/t20-,40?/m0/s1. The molecular weight excluding hydrogens is 535 g/mol. The van der Waals surface area contributed by atoms with Crippen LogP contribution in [0.15, 0.2) is 41.5 Å². The van der Waals surface area contributed by atoms with E-state index in [0.717, 1.165) is 51.3 Å². The van der Waals surface area contributed by atoms with Crippen LogP contribution in [-0.2, 0) is 15.9 Å². The fourth-order valence-electron chi connectivity index (χ4n) is 6.11. The molecule has 1 aromatic heterocycles. The highest BCUT2D eigenvalue weighted by atomic mass is 32.2. The van der Waals surface area contributed by atoms with Crippen molar-refractivity contribution < 1.29 is 18.1 Å². The Morgan fingerprint density at radius 2 is 2.05 bits per heavy atom. The summed E-state index contributed by atoms with van der Waals surface area (Å²) < 4.78 is 45.2. The van der Waals surface area contributed by atoms with E-state index in [4.69, 9.17) is 9.47 Å². The fourth-order valence-corrected chi connectivity index (χ4v) is 7.17. The van der Waals surface area contributed by atoms with Crippen molar-refractivity contribution in [2.24, 2.45) is 5.41 Å². The topological polar surface area (TPSA) is 122 Å². The quantitative estimate of drug-likeness (QED) is 0.448. The maximum Gasteiger partial charge on any atom is 0.261 e. The van der Waals surface area contributed by atoms with Crippen LogP contribution in [0, 0.1) is 22.6 Å². The molecule has 2 saturated heterocycles. The molecule has 6 rings (SSSR count). The second-order valence-corrected chi connectivity index (χ2v) is 12.1. The van der Waals surface area contributed by atoms with E-state index >= 15 is 0 Å². The van der Waals surface area contributed by atoms with E-state index in [-0.39, 0.29) is 40.5 Å². The van der Waals surface area contributed by atoms with Gasteiger partial charge in [0, 0.05) is 26.2 Å². The molecule has 12 heteroatoms. The predicted molar refractivity (Wildman–Crippen MR) is 149 cm³/mol. The third-order valence-electron chi connectivity index (χ3n) is 8.46. The van der Waals surface area contributed by atoms with Gasteiger partial charge in [-0.05, 0) is 80.9 Å². The Kier molecular flexibility index (Phi) is 7.31. The highest BCUT2D eigenvalue weighted by molar-refractivity contribution is 7.84. The van der Waals surface area contributed by atoms with Crippen LogP contribution in [0.25, 0.3) is 10.9 Å². The summed E-state index contributed by atoms with van der Waals surface area (Å²) in [4.78, 5) is 17.9. The monoisotopic (exact) mass is 566 g/mol. The Morgan fingerprint density at radius 3 is 2.77 bits per heavy atom. The van der Waals surface area contributed by atoms with Gasteiger partial charge < -0.3 is 14.8 Å². The van der Waals surface area contributed by atoms with Crippen LogP contribution in [0.3, 0.4) is 0 Å². The normalized spacial score (nSPS) is 21.7. The number of benzene rings is 2. The number of nitriles is 1. The molecule has 3 aromatic rings. The third kappa shape index (κ3) is 4.99. The Balaban J connectivity index is 1.24. The lowest BCUT2D eigenvalue weighted by molar-refractivity contribution is 0.0270. The first kappa shape index (κ1) is 26.8. The van der Waals surface area contributed by atoms with Crippen LogP contribution in [0.5, 0.6) is 11.5 Å². The Bertz CT molecular complexity index is 1560. The van der Waals surface area contributed by atoms with Crippen molar-refractivity contribution in [3.05, 3.63) is 58.4 Å². The SMILES string of the molecule is CO[C@H]1CCN(S(=O)Nc2ccc(F)c(Oc3ccc4ncn(C5CC6(CCNCC6)C5)c(=O)c4c3)c2C#N)C1. The van der Waals surface area contributed by atoms with Gasteiger partial charge in [0.15, 0.2) is 22.7 Å². The van der Waals surface area contributed by atoms with E-state index in [1.807, 2.05) is 6.07 Å². The average Bonchev–Trinajstić information content (AvgIpc) is 3.44. The fraction of sp³-hybridized carbons (Fsp3) is 0.464. The summed E-state index contributed by atoms with van der Waals surface area (Å²) in [6, 6.07) is 9.35. The number of ether oxygens (including phenoxy) is 2. The molecule has 1 aliphatic carbocycles. The summed E-state index contributed by atoms with van der Waals surface area (Å²) in [6.45, 7) is 3.06. The van der Waals surface area contributed by atoms with E-state index in [1.165, 1.54) is 12.1 Å². The number of nitrogens with zero attached hydrogens (tertiary/aromatic N) is 4. The average molecular weight is 567 g/mol. The van der Waals surface area contributed by atoms with Crippen LogP contribution >= 0.6 is 0 Å². The number of hydrogen-bond donors (Lipinski definition) is 2. The Morgan fingerprint density at radius 1 is 1.25 bits per heavy atom. The summed E-state index contributed by atoms with van der Waals surface area (Å²) in [6.07, 6.45) is 6.50. The minimum Gasteiger partial charge on any atom is -0.453 e. The van der Waals surface area contributed by atoms with Crippen molar-refractivity contribution in [3.8, 4) is 17.6 Å². The molecular formula is C28H31FN6O4S. The van der Waals surface area contributed by atoms with E-state index < -0.39 is 17.0 Å². The summed E-state index contributed by atoms with van der Waals surface area (Å²) >= 11 is -1.65. The molecule has 1 unspecified atom stereocenters. The Hall–Kier alpha value is -3.37. The van der Waals surface area contributed by atoms with E-state index in [1.54, 1.807) is 34.4 Å². The molecule has 2 atom stereocenters. The van der Waals surface area contributed by atoms with Gasteiger partial charge in [-0.2, -0.15) is 5.26 Å². The number of hydrogen-bond acceptors (Lipinski definition) is 7. The molecule has 40 heavy (non-hydrogen) atoms. The van der Waals surface area contributed by atoms with Gasteiger partial charge in [0.2, 0.25) is 0 Å². The molecule has 2 aromatic carbocycles. The first-order valence-corrected chi connectivity index (χ1v) is 14.6. The van der Waals surface area contributed by atoms with Crippen molar-refractivity contribution in [1.29, 1.82) is 5.26 Å². The molecule has 0 bridgehead atoms. The minimum atomic E-state index is -1.65. The van der Waals surface area contributed by atoms with Crippen LogP contribution in [0.1, 0.15) is 43.7 Å². The molecule has 0 radical (unpaired) electrons. The maximum atomic E-state index is 14.9. The van der Waals surface area contributed by atoms with Gasteiger partial charge >= 0.3 is 0 Å². The van der Waals surface area contributed by atoms with E-state index in [2.05, 4.69) is 15.0 Å². The smallest absolute Gasteiger partial charge is 0.261 e. The van der Waals surface area contributed by atoms with Gasteiger partial charge in [-0.3, -0.25) is 14.1 Å². The van der Waals surface area contributed by atoms with Crippen molar-refractivity contribution in [2.75, 3.05) is 38.0 Å². The third-order valence-corrected chi connectivity index (χ3v) is 9.66. The molecule has 1 saturated carbocycles. The lowest BCUT2D eigenvalue weighted by Crippen LogP contribution is -2.47. The second-order valence-electron chi connectivity index (χ2n) is 10.8. The molecule has 0 amide bonds. The molecule has 1 spiro atoms. The second kappa shape index (κ2) is 10.9.